The summed E-state index contributed by atoms with van der Waals surface area (Å²) in [7, 11) is 0. The largest absolute Gasteiger partial charge is 0.444 e. The highest BCUT2D eigenvalue weighted by molar-refractivity contribution is 5.84. The van der Waals surface area contributed by atoms with Crippen molar-refractivity contribution in [3.8, 4) is 0 Å². The van der Waals surface area contributed by atoms with Gasteiger partial charge in [0.15, 0.2) is 17.0 Å². The van der Waals surface area contributed by atoms with Crippen LogP contribution in [0.15, 0.2) is 30.6 Å². The van der Waals surface area contributed by atoms with Gasteiger partial charge < -0.3 is 35.1 Å². The van der Waals surface area contributed by atoms with Crippen LogP contribution in [0, 0.1) is 0 Å². The molecule has 2 bridgehead atoms. The van der Waals surface area contributed by atoms with Gasteiger partial charge in [-0.3, -0.25) is 0 Å². The van der Waals surface area contributed by atoms with Gasteiger partial charge in [-0.2, -0.15) is 9.97 Å². The highest BCUT2D eigenvalue weighted by Crippen LogP contribution is 2.37. The fraction of sp³-hybridized carbons (Fsp3) is 0.600. The number of likely N-dealkylation sites (tertiary alicyclic amines) is 1. The van der Waals surface area contributed by atoms with E-state index in [1.54, 1.807) is 0 Å². The molecule has 11 heteroatoms. The molecule has 1 aromatic carbocycles. The molecule has 6 rings (SSSR count). The summed E-state index contributed by atoms with van der Waals surface area (Å²) in [6.07, 6.45) is 4.48. The monoisotopic (exact) mass is 561 g/mol. The highest BCUT2D eigenvalue weighted by atomic mass is 16.6. The van der Waals surface area contributed by atoms with Crippen LogP contribution in [0.5, 0.6) is 0 Å². The van der Waals surface area contributed by atoms with Crippen molar-refractivity contribution in [3.63, 3.8) is 0 Å². The molecule has 3 aliphatic rings. The van der Waals surface area contributed by atoms with E-state index < -0.39 is 5.60 Å². The topological polar surface area (TPSA) is 118 Å². The summed E-state index contributed by atoms with van der Waals surface area (Å²) in [5.74, 6) is 1.47. The van der Waals surface area contributed by atoms with Crippen molar-refractivity contribution in [2.45, 2.75) is 90.2 Å². The molecular weight excluding hydrogens is 518 g/mol. The van der Waals surface area contributed by atoms with Crippen LogP contribution in [0.4, 0.5) is 22.2 Å². The lowest BCUT2D eigenvalue weighted by molar-refractivity contribution is 0.0214. The Hall–Kier alpha value is -3.60. The second-order valence-electron chi connectivity index (χ2n) is 12.9. The third kappa shape index (κ3) is 5.51. The van der Waals surface area contributed by atoms with Crippen molar-refractivity contribution in [2.75, 3.05) is 41.3 Å². The number of anilines is 3. The maximum atomic E-state index is 12.8. The molecule has 2 aromatic heterocycles. The van der Waals surface area contributed by atoms with Crippen LogP contribution in [0.2, 0.25) is 0 Å². The van der Waals surface area contributed by atoms with Gasteiger partial charge >= 0.3 is 6.09 Å². The maximum Gasteiger partial charge on any atom is 0.410 e. The van der Waals surface area contributed by atoms with E-state index in [4.69, 9.17) is 25.4 Å². The number of aromatic nitrogens is 4. The molecule has 41 heavy (non-hydrogen) atoms. The average Bonchev–Trinajstić information content (AvgIpc) is 3.66. The number of fused-ring (bicyclic) bond motifs is 3. The van der Waals surface area contributed by atoms with Crippen LogP contribution in [0.1, 0.15) is 65.5 Å². The van der Waals surface area contributed by atoms with Gasteiger partial charge in [-0.1, -0.05) is 18.2 Å². The summed E-state index contributed by atoms with van der Waals surface area (Å²) in [5, 5.41) is 3.62. The first-order valence-electron chi connectivity index (χ1n) is 14.9. The molecule has 3 saturated heterocycles. The van der Waals surface area contributed by atoms with Crippen LogP contribution in [-0.4, -0.2) is 80.4 Å². The zero-order chi connectivity index (χ0) is 28.9. The summed E-state index contributed by atoms with van der Waals surface area (Å²) in [5.41, 5.74) is 9.68. The molecule has 5 heterocycles. The molecule has 0 aliphatic carbocycles. The van der Waals surface area contributed by atoms with E-state index in [0.29, 0.717) is 13.1 Å². The zero-order valence-electron chi connectivity index (χ0n) is 24.9. The Morgan fingerprint density at radius 2 is 1.88 bits per heavy atom. The number of para-hydroxylation sites is 1. The minimum absolute atomic E-state index is 0.164. The van der Waals surface area contributed by atoms with Gasteiger partial charge in [0.1, 0.15) is 5.60 Å². The molecule has 3 N–H and O–H groups in total. The van der Waals surface area contributed by atoms with Gasteiger partial charge in [0.2, 0.25) is 5.95 Å². The Bertz CT molecular complexity index is 1410. The predicted octanol–water partition coefficient (Wildman–Crippen LogP) is 4.14. The quantitative estimate of drug-likeness (QED) is 0.458. The molecule has 11 nitrogen and oxygen atoms in total. The smallest absolute Gasteiger partial charge is 0.410 e. The normalized spacial score (nSPS) is 21.4. The van der Waals surface area contributed by atoms with Gasteiger partial charge in [-0.25, -0.2) is 9.78 Å². The van der Waals surface area contributed by atoms with Gasteiger partial charge in [0.05, 0.1) is 12.4 Å². The maximum absolute atomic E-state index is 12.8. The van der Waals surface area contributed by atoms with Crippen LogP contribution in [0.25, 0.3) is 11.2 Å². The number of benzene rings is 1. The molecule has 0 saturated carbocycles. The number of rotatable bonds is 6. The van der Waals surface area contributed by atoms with Crippen molar-refractivity contribution < 1.29 is 9.53 Å². The van der Waals surface area contributed by atoms with Crippen molar-refractivity contribution in [2.24, 2.45) is 5.73 Å². The first-order chi connectivity index (χ1) is 19.6. The number of carbonyl (C=O) groups excluding carboxylic acids is 1. The average molecular weight is 562 g/mol. The summed E-state index contributed by atoms with van der Waals surface area (Å²) in [6, 6.07) is 9.42. The summed E-state index contributed by atoms with van der Waals surface area (Å²) < 4.78 is 7.77. The predicted molar refractivity (Wildman–Crippen MR) is 161 cm³/mol. The number of amides is 1. The summed E-state index contributed by atoms with van der Waals surface area (Å²) in [6.45, 7) is 13.8. The molecule has 0 radical (unpaired) electrons. The van der Waals surface area contributed by atoms with Crippen molar-refractivity contribution >= 4 is 34.7 Å². The van der Waals surface area contributed by atoms with Crippen molar-refractivity contribution in [1.29, 1.82) is 0 Å². The standard InChI is InChI=1S/C30H43N9O2/c1-19(2)39-18-33-25-26(34-28(35-27(25)39)36-12-10-21(31)11-13-36)32-15-20-8-6-7-9-24(20)37-16-23-14-22(37)17-38(23)29(40)41-30(3,4)5/h6-9,18-19,21-23H,10-17,31H2,1-5H3,(H,32,34,35). The molecule has 1 amide bonds. The lowest BCUT2D eigenvalue weighted by atomic mass is 10.1. The lowest BCUT2D eigenvalue weighted by Gasteiger charge is -2.37. The summed E-state index contributed by atoms with van der Waals surface area (Å²) in [4.78, 5) is 34.0. The number of nitrogens with zero attached hydrogens (tertiary/aromatic N) is 7. The zero-order valence-corrected chi connectivity index (χ0v) is 24.9. The van der Waals surface area contributed by atoms with Crippen LogP contribution >= 0.6 is 0 Å². The van der Waals surface area contributed by atoms with Gasteiger partial charge in [-0.15, -0.1) is 0 Å². The van der Waals surface area contributed by atoms with E-state index in [9.17, 15) is 4.79 Å². The minimum Gasteiger partial charge on any atom is -0.444 e. The minimum atomic E-state index is -0.491. The Balaban J connectivity index is 1.22. The Kier molecular flexibility index (Phi) is 7.17. The Labute approximate surface area is 242 Å². The Morgan fingerprint density at radius 3 is 2.56 bits per heavy atom. The highest BCUT2D eigenvalue weighted by Gasteiger charge is 2.47. The first-order valence-corrected chi connectivity index (χ1v) is 14.9. The van der Waals surface area contributed by atoms with Crippen LogP contribution in [0.3, 0.4) is 0 Å². The first kappa shape index (κ1) is 27.6. The third-order valence-corrected chi connectivity index (χ3v) is 8.40. The molecule has 0 spiro atoms. The number of nitrogens with one attached hydrogen (secondary N) is 1. The second-order valence-corrected chi connectivity index (χ2v) is 12.9. The number of carbonyl (C=O) groups is 1. The molecule has 2 unspecified atom stereocenters. The number of piperidine rings is 1. The number of nitrogens with two attached hydrogens (primary N) is 1. The van der Waals surface area contributed by atoms with E-state index >= 15 is 0 Å². The van der Waals surface area contributed by atoms with E-state index in [2.05, 4.69) is 57.8 Å². The third-order valence-electron chi connectivity index (χ3n) is 8.40. The number of ether oxygens (including phenoxy) is 1. The molecule has 2 atom stereocenters. The number of piperazine rings is 1. The summed E-state index contributed by atoms with van der Waals surface area (Å²) >= 11 is 0. The van der Waals surface area contributed by atoms with E-state index in [0.717, 1.165) is 61.8 Å². The molecular formula is C30H43N9O2. The lowest BCUT2D eigenvalue weighted by Crippen LogP contribution is -2.50. The van der Waals surface area contributed by atoms with Crippen molar-refractivity contribution in [1.82, 2.24) is 24.4 Å². The number of imidazole rings is 1. The number of hydrogen-bond donors (Lipinski definition) is 2. The molecule has 3 aromatic rings. The van der Waals surface area contributed by atoms with Crippen LogP contribution in [-0.2, 0) is 11.3 Å². The second kappa shape index (κ2) is 10.7. The molecule has 220 valence electrons. The van der Waals surface area contributed by atoms with E-state index in [1.807, 2.05) is 32.0 Å². The fourth-order valence-corrected chi connectivity index (χ4v) is 6.27. The van der Waals surface area contributed by atoms with Crippen molar-refractivity contribution in [3.05, 3.63) is 36.2 Å². The number of hydrogen-bond acceptors (Lipinski definition) is 9. The van der Waals surface area contributed by atoms with Gasteiger partial charge in [0.25, 0.3) is 0 Å². The Morgan fingerprint density at radius 1 is 1.12 bits per heavy atom. The van der Waals surface area contributed by atoms with Gasteiger partial charge in [0, 0.05) is 56.5 Å². The SMILES string of the molecule is CC(C)n1cnc2c(NCc3ccccc3N3CC4CC3CN4C(=O)OC(C)(C)C)nc(N3CCC(N)CC3)nc21. The molecule has 3 aliphatic heterocycles. The molecule has 3 fully saturated rings. The van der Waals surface area contributed by atoms with Crippen LogP contribution < -0.4 is 20.9 Å². The van der Waals surface area contributed by atoms with E-state index in [1.165, 1.54) is 11.3 Å². The fourth-order valence-electron chi connectivity index (χ4n) is 6.27. The van der Waals surface area contributed by atoms with Gasteiger partial charge in [-0.05, 0) is 65.5 Å². The van der Waals surface area contributed by atoms with E-state index in [-0.39, 0.29) is 30.3 Å².